The van der Waals surface area contributed by atoms with E-state index in [2.05, 4.69) is 35.1 Å². The second-order valence-electron chi connectivity index (χ2n) is 4.61. The van der Waals surface area contributed by atoms with Gasteiger partial charge in [0.15, 0.2) is 0 Å². The molecular weight excluding hydrogens is 287 g/mol. The van der Waals surface area contributed by atoms with Gasteiger partial charge in [-0.15, -0.1) is 0 Å². The molecule has 2 rings (SSSR count). The Morgan fingerprint density at radius 1 is 1.53 bits per heavy atom. The first-order valence-corrected chi connectivity index (χ1v) is 6.30. The van der Waals surface area contributed by atoms with Gasteiger partial charge in [0.2, 0.25) is 5.91 Å². The quantitative estimate of drug-likeness (QED) is 0.910. The van der Waals surface area contributed by atoms with Crippen molar-refractivity contribution < 1.29 is 9.18 Å². The number of anilines is 2. The lowest BCUT2D eigenvalue weighted by Crippen LogP contribution is -2.40. The second kappa shape index (κ2) is 4.64. The van der Waals surface area contributed by atoms with E-state index in [0.717, 1.165) is 12.2 Å². The minimum atomic E-state index is -0.311. The van der Waals surface area contributed by atoms with Crippen molar-refractivity contribution in [1.29, 1.82) is 0 Å². The van der Waals surface area contributed by atoms with Crippen LogP contribution >= 0.6 is 15.9 Å². The van der Waals surface area contributed by atoms with Crippen LogP contribution < -0.4 is 10.2 Å². The van der Waals surface area contributed by atoms with E-state index in [4.69, 9.17) is 0 Å². The summed E-state index contributed by atoms with van der Waals surface area (Å²) in [7, 11) is 0. The van der Waals surface area contributed by atoms with Crippen LogP contribution in [0.3, 0.4) is 0 Å². The summed E-state index contributed by atoms with van der Waals surface area (Å²) in [6.45, 7) is 5.16. The summed E-state index contributed by atoms with van der Waals surface area (Å²) in [6, 6.07) is 3.07. The van der Waals surface area contributed by atoms with Gasteiger partial charge in [0.1, 0.15) is 5.82 Å². The van der Waals surface area contributed by atoms with Crippen molar-refractivity contribution in [3.8, 4) is 0 Å². The fraction of sp³-hybridized carbons (Fsp3) is 0.417. The summed E-state index contributed by atoms with van der Waals surface area (Å²) in [4.78, 5) is 13.5. The van der Waals surface area contributed by atoms with Crippen LogP contribution in [0, 0.1) is 11.7 Å². The summed E-state index contributed by atoms with van der Waals surface area (Å²) < 4.78 is 13.9. The van der Waals surface area contributed by atoms with E-state index in [9.17, 15) is 9.18 Å². The molecule has 1 aliphatic heterocycles. The fourth-order valence-electron chi connectivity index (χ4n) is 1.95. The first kappa shape index (κ1) is 12.4. The zero-order valence-electron chi connectivity index (χ0n) is 9.76. The molecule has 0 radical (unpaired) electrons. The van der Waals surface area contributed by atoms with Crippen LogP contribution in [0.4, 0.5) is 15.8 Å². The maximum atomic E-state index is 13.5. The SMILES string of the molecule is CC(C)CN1CC(=O)Nc2cc(Br)c(F)cc21. The Balaban J connectivity index is 2.41. The third-order valence-electron chi connectivity index (χ3n) is 2.57. The lowest BCUT2D eigenvalue weighted by atomic mass is 10.1. The zero-order valence-corrected chi connectivity index (χ0v) is 11.3. The highest BCUT2D eigenvalue weighted by Crippen LogP contribution is 2.34. The molecule has 1 aliphatic rings. The van der Waals surface area contributed by atoms with Gasteiger partial charge in [-0.3, -0.25) is 4.79 Å². The smallest absolute Gasteiger partial charge is 0.243 e. The largest absolute Gasteiger partial charge is 0.360 e. The van der Waals surface area contributed by atoms with Gasteiger partial charge in [-0.05, 0) is 27.9 Å². The highest BCUT2D eigenvalue weighted by molar-refractivity contribution is 9.10. The molecule has 0 spiro atoms. The maximum Gasteiger partial charge on any atom is 0.243 e. The van der Waals surface area contributed by atoms with Gasteiger partial charge in [0.25, 0.3) is 0 Å². The molecule has 5 heteroatoms. The summed E-state index contributed by atoms with van der Waals surface area (Å²) in [5.41, 5.74) is 1.41. The third-order valence-corrected chi connectivity index (χ3v) is 3.18. The first-order valence-electron chi connectivity index (χ1n) is 5.51. The van der Waals surface area contributed by atoms with Crippen molar-refractivity contribution in [2.45, 2.75) is 13.8 Å². The van der Waals surface area contributed by atoms with Gasteiger partial charge in [0, 0.05) is 12.6 Å². The van der Waals surface area contributed by atoms with E-state index in [1.54, 1.807) is 6.07 Å². The minimum Gasteiger partial charge on any atom is -0.360 e. The van der Waals surface area contributed by atoms with Crippen LogP contribution in [0.5, 0.6) is 0 Å². The zero-order chi connectivity index (χ0) is 12.6. The topological polar surface area (TPSA) is 32.3 Å². The molecule has 92 valence electrons. The molecule has 1 aromatic carbocycles. The standard InChI is InChI=1S/C12H14BrFN2O/c1-7(2)5-16-6-12(17)15-10-3-8(13)9(14)4-11(10)16/h3-4,7H,5-6H2,1-2H3,(H,15,17). The highest BCUT2D eigenvalue weighted by Gasteiger charge is 2.23. The van der Waals surface area contributed by atoms with Crippen LogP contribution in [0.15, 0.2) is 16.6 Å². The predicted molar refractivity (Wildman–Crippen MR) is 69.8 cm³/mol. The van der Waals surface area contributed by atoms with Crippen molar-refractivity contribution >= 4 is 33.2 Å². The van der Waals surface area contributed by atoms with Crippen LogP contribution in [-0.2, 0) is 4.79 Å². The number of rotatable bonds is 2. The van der Waals surface area contributed by atoms with E-state index in [0.29, 0.717) is 16.1 Å². The average Bonchev–Trinajstić information content (AvgIpc) is 2.20. The van der Waals surface area contributed by atoms with Gasteiger partial charge >= 0.3 is 0 Å². The van der Waals surface area contributed by atoms with Crippen molar-refractivity contribution in [2.24, 2.45) is 5.92 Å². The van der Waals surface area contributed by atoms with Crippen molar-refractivity contribution in [3.05, 3.63) is 22.4 Å². The molecule has 0 bridgehead atoms. The highest BCUT2D eigenvalue weighted by atomic mass is 79.9. The number of nitrogens with one attached hydrogen (secondary N) is 1. The molecule has 1 amide bonds. The average molecular weight is 301 g/mol. The van der Waals surface area contributed by atoms with E-state index in [-0.39, 0.29) is 18.3 Å². The number of fused-ring (bicyclic) bond motifs is 1. The van der Waals surface area contributed by atoms with Crippen LogP contribution in [-0.4, -0.2) is 19.0 Å². The predicted octanol–water partition coefficient (Wildman–Crippen LogP) is 3.00. The molecule has 0 unspecified atom stereocenters. The normalized spacial score (nSPS) is 14.9. The Kier molecular flexibility index (Phi) is 3.38. The Labute approximate surface area is 108 Å². The third kappa shape index (κ3) is 2.60. The van der Waals surface area contributed by atoms with Gasteiger partial charge in [-0.1, -0.05) is 13.8 Å². The molecule has 17 heavy (non-hydrogen) atoms. The number of benzene rings is 1. The Morgan fingerprint density at radius 2 is 2.24 bits per heavy atom. The van der Waals surface area contributed by atoms with Gasteiger partial charge < -0.3 is 10.2 Å². The summed E-state index contributed by atoms with van der Waals surface area (Å²) >= 11 is 3.12. The molecule has 0 fully saturated rings. The Hall–Kier alpha value is -1.10. The van der Waals surface area contributed by atoms with Gasteiger partial charge in [0.05, 0.1) is 22.4 Å². The molecule has 1 N–H and O–H groups in total. The molecule has 1 aromatic rings. The number of halogens is 2. The molecule has 0 saturated heterocycles. The Morgan fingerprint density at radius 3 is 2.88 bits per heavy atom. The molecule has 0 aliphatic carbocycles. The van der Waals surface area contributed by atoms with E-state index >= 15 is 0 Å². The van der Waals surface area contributed by atoms with Crippen molar-refractivity contribution in [3.63, 3.8) is 0 Å². The fourth-order valence-corrected chi connectivity index (χ4v) is 2.29. The number of nitrogens with zero attached hydrogens (tertiary/aromatic N) is 1. The van der Waals surface area contributed by atoms with E-state index < -0.39 is 0 Å². The van der Waals surface area contributed by atoms with Crippen LogP contribution in [0.25, 0.3) is 0 Å². The number of amides is 1. The molecule has 0 saturated carbocycles. The molecular formula is C12H14BrFN2O. The monoisotopic (exact) mass is 300 g/mol. The maximum absolute atomic E-state index is 13.5. The summed E-state index contributed by atoms with van der Waals surface area (Å²) in [5, 5.41) is 2.75. The van der Waals surface area contributed by atoms with Crippen LogP contribution in [0.2, 0.25) is 0 Å². The van der Waals surface area contributed by atoms with Crippen molar-refractivity contribution in [2.75, 3.05) is 23.3 Å². The number of carbonyl (C=O) groups is 1. The van der Waals surface area contributed by atoms with E-state index in [1.807, 2.05) is 4.90 Å². The number of carbonyl (C=O) groups excluding carboxylic acids is 1. The Bertz CT molecular complexity index is 462. The summed E-state index contributed by atoms with van der Waals surface area (Å²) in [6.07, 6.45) is 0. The first-order chi connectivity index (χ1) is 7.97. The molecule has 0 aromatic heterocycles. The van der Waals surface area contributed by atoms with E-state index in [1.165, 1.54) is 6.07 Å². The second-order valence-corrected chi connectivity index (χ2v) is 5.46. The van der Waals surface area contributed by atoms with Crippen molar-refractivity contribution in [1.82, 2.24) is 0 Å². The lowest BCUT2D eigenvalue weighted by Gasteiger charge is -2.32. The lowest BCUT2D eigenvalue weighted by molar-refractivity contribution is -0.115. The number of hydrogen-bond donors (Lipinski definition) is 1. The molecule has 1 heterocycles. The van der Waals surface area contributed by atoms with Gasteiger partial charge in [-0.25, -0.2) is 4.39 Å². The minimum absolute atomic E-state index is 0.0586. The molecule has 3 nitrogen and oxygen atoms in total. The summed E-state index contributed by atoms with van der Waals surface area (Å²) in [5.74, 6) is 0.0470. The number of hydrogen-bond acceptors (Lipinski definition) is 2. The van der Waals surface area contributed by atoms with Gasteiger partial charge in [-0.2, -0.15) is 0 Å². The molecule has 0 atom stereocenters. The van der Waals surface area contributed by atoms with Crippen LogP contribution in [0.1, 0.15) is 13.8 Å².